The van der Waals surface area contributed by atoms with Gasteiger partial charge in [0.15, 0.2) is 6.10 Å². The second-order valence-corrected chi connectivity index (χ2v) is 13.5. The van der Waals surface area contributed by atoms with Gasteiger partial charge in [-0.3, -0.25) is 23.4 Å². The van der Waals surface area contributed by atoms with Crippen molar-refractivity contribution in [2.45, 2.75) is 148 Å². The largest absolute Gasteiger partial charge is 0.480 e. The molecule has 0 heterocycles. The Morgan fingerprint density at radius 2 is 1.10 bits per heavy atom. The summed E-state index contributed by atoms with van der Waals surface area (Å²) < 4.78 is 32.4. The minimum absolute atomic E-state index is 0.0848. The first-order valence-electron chi connectivity index (χ1n) is 18.2. The van der Waals surface area contributed by atoms with E-state index in [1.54, 1.807) is 0 Å². The van der Waals surface area contributed by atoms with E-state index in [1.165, 1.54) is 44.9 Å². The van der Waals surface area contributed by atoms with Crippen LogP contribution < -0.4 is 5.73 Å². The number of hydrogen-bond donors (Lipinski definition) is 3. The van der Waals surface area contributed by atoms with Crippen molar-refractivity contribution in [3.8, 4) is 0 Å². The number of rotatable bonds is 33. The van der Waals surface area contributed by atoms with Crippen molar-refractivity contribution < 1.29 is 47.5 Å². The molecule has 0 saturated heterocycles. The Labute approximate surface area is 295 Å². The molecular formula is C37H64NO10P. The van der Waals surface area contributed by atoms with E-state index in [-0.39, 0.29) is 19.4 Å². The summed E-state index contributed by atoms with van der Waals surface area (Å²) in [5.41, 5.74) is 5.30. The van der Waals surface area contributed by atoms with Crippen LogP contribution in [-0.2, 0) is 37.5 Å². The number of esters is 2. The zero-order valence-electron chi connectivity index (χ0n) is 30.0. The summed E-state index contributed by atoms with van der Waals surface area (Å²) in [5.74, 6) is -2.46. The van der Waals surface area contributed by atoms with Gasteiger partial charge in [-0.15, -0.1) is 0 Å². The van der Waals surface area contributed by atoms with Gasteiger partial charge in [0.05, 0.1) is 13.2 Å². The van der Waals surface area contributed by atoms with E-state index in [1.807, 2.05) is 12.2 Å². The Balaban J connectivity index is 4.56. The van der Waals surface area contributed by atoms with Crippen LogP contribution in [0.2, 0.25) is 0 Å². The fraction of sp³-hybridized carbons (Fsp3) is 0.703. The molecule has 0 aliphatic carbocycles. The first-order chi connectivity index (χ1) is 23.6. The summed E-state index contributed by atoms with van der Waals surface area (Å²) >= 11 is 0. The average molecular weight is 714 g/mol. The second-order valence-electron chi connectivity index (χ2n) is 12.0. The number of carboxylic acid groups (broad SMARTS) is 1. The molecule has 0 rings (SSSR count). The molecule has 0 aromatic rings. The molecule has 0 aromatic heterocycles. The zero-order chi connectivity index (χ0) is 36.4. The van der Waals surface area contributed by atoms with E-state index in [4.69, 9.17) is 24.8 Å². The molecule has 11 nitrogen and oxygen atoms in total. The first-order valence-corrected chi connectivity index (χ1v) is 19.7. The lowest BCUT2D eigenvalue weighted by Gasteiger charge is -2.20. The van der Waals surface area contributed by atoms with E-state index in [0.29, 0.717) is 19.3 Å². The molecule has 3 atom stereocenters. The summed E-state index contributed by atoms with van der Waals surface area (Å²) in [7, 11) is -4.72. The summed E-state index contributed by atoms with van der Waals surface area (Å²) in [6.45, 7) is 2.64. The molecule has 0 radical (unpaired) electrons. The predicted molar refractivity (Wildman–Crippen MR) is 194 cm³/mol. The number of aliphatic carboxylic acids is 1. The quantitative estimate of drug-likeness (QED) is 0.0257. The van der Waals surface area contributed by atoms with Crippen molar-refractivity contribution in [3.05, 3.63) is 48.6 Å². The number of carboxylic acids is 1. The molecular weight excluding hydrogens is 649 g/mol. The van der Waals surface area contributed by atoms with Gasteiger partial charge in [-0.05, 0) is 51.4 Å². The molecule has 282 valence electrons. The van der Waals surface area contributed by atoms with Crippen LogP contribution in [-0.4, -0.2) is 59.9 Å². The first kappa shape index (κ1) is 46.4. The highest BCUT2D eigenvalue weighted by Gasteiger charge is 2.28. The lowest BCUT2D eigenvalue weighted by Crippen LogP contribution is -2.34. The van der Waals surface area contributed by atoms with Crippen LogP contribution in [0, 0.1) is 0 Å². The number of carbonyl (C=O) groups is 3. The van der Waals surface area contributed by atoms with Crippen molar-refractivity contribution in [2.24, 2.45) is 5.73 Å². The number of carbonyl (C=O) groups excluding carboxylic acids is 2. The number of nitrogens with two attached hydrogens (primary N) is 1. The molecule has 1 unspecified atom stereocenters. The molecule has 0 aliphatic rings. The third kappa shape index (κ3) is 32.4. The van der Waals surface area contributed by atoms with Gasteiger partial charge in [0.2, 0.25) is 0 Å². The number of phosphoric acid groups is 1. The van der Waals surface area contributed by atoms with Crippen LogP contribution in [0.15, 0.2) is 48.6 Å². The Bertz CT molecular complexity index is 1030. The van der Waals surface area contributed by atoms with Crippen molar-refractivity contribution in [3.63, 3.8) is 0 Å². The molecule has 49 heavy (non-hydrogen) atoms. The highest BCUT2D eigenvalue weighted by atomic mass is 31.2. The Hall–Kier alpha value is -2.56. The molecule has 0 fully saturated rings. The van der Waals surface area contributed by atoms with Crippen LogP contribution in [0.5, 0.6) is 0 Å². The van der Waals surface area contributed by atoms with Crippen molar-refractivity contribution in [1.29, 1.82) is 0 Å². The Morgan fingerprint density at radius 1 is 0.633 bits per heavy atom. The Morgan fingerprint density at radius 3 is 1.67 bits per heavy atom. The standard InChI is InChI=1S/C37H64NO10P/c1-3-5-7-9-11-13-14-15-16-17-18-19-20-21-23-25-27-29-36(40)48-33(31-46-49(43,44)47-32-34(38)37(41)42)30-45-35(39)28-26-24-22-12-10-8-6-4-2/h11,13,15-16,18-19,21,23,33-34H,3-10,12,14,17,20,22,24-32,38H2,1-2H3,(H,41,42)(H,43,44)/b13-11+,16-15+,19-18+,23-21+/t33-,34-/m0/s1. The Kier molecular flexibility index (Phi) is 30.9. The summed E-state index contributed by atoms with van der Waals surface area (Å²) in [6, 6.07) is -1.53. The van der Waals surface area contributed by atoms with E-state index in [9.17, 15) is 23.8 Å². The van der Waals surface area contributed by atoms with Gasteiger partial charge in [0.1, 0.15) is 12.6 Å². The summed E-state index contributed by atoms with van der Waals surface area (Å²) in [5, 5.41) is 8.83. The number of hydrogen-bond acceptors (Lipinski definition) is 9. The molecule has 0 saturated carbocycles. The second kappa shape index (κ2) is 32.6. The minimum atomic E-state index is -4.72. The monoisotopic (exact) mass is 713 g/mol. The van der Waals surface area contributed by atoms with E-state index in [2.05, 4.69) is 54.8 Å². The van der Waals surface area contributed by atoms with Gasteiger partial charge < -0.3 is 25.2 Å². The van der Waals surface area contributed by atoms with Gasteiger partial charge in [0, 0.05) is 12.8 Å². The SMILES string of the molecule is CCCCC/C=C/C/C=C/C/C=C/C/C=C/CCCC(=O)O[C@@H](COC(=O)CCCCCCCCCC)COP(=O)(O)OC[C@H](N)C(=O)O. The van der Waals surface area contributed by atoms with Gasteiger partial charge in [0.25, 0.3) is 0 Å². The van der Waals surface area contributed by atoms with Crippen molar-refractivity contribution >= 4 is 25.7 Å². The predicted octanol–water partition coefficient (Wildman–Crippen LogP) is 8.66. The van der Waals surface area contributed by atoms with Gasteiger partial charge in [-0.1, -0.05) is 120 Å². The van der Waals surface area contributed by atoms with Gasteiger partial charge >= 0.3 is 25.7 Å². The maximum Gasteiger partial charge on any atom is 0.472 e. The highest BCUT2D eigenvalue weighted by Crippen LogP contribution is 2.43. The highest BCUT2D eigenvalue weighted by molar-refractivity contribution is 7.47. The van der Waals surface area contributed by atoms with E-state index < -0.39 is 51.1 Å². The van der Waals surface area contributed by atoms with Crippen LogP contribution in [0.3, 0.4) is 0 Å². The smallest absolute Gasteiger partial charge is 0.472 e. The van der Waals surface area contributed by atoms with Crippen LogP contribution >= 0.6 is 7.82 Å². The number of ether oxygens (including phenoxy) is 2. The molecule has 0 amide bonds. The molecule has 0 aliphatic heterocycles. The lowest BCUT2D eigenvalue weighted by molar-refractivity contribution is -0.161. The van der Waals surface area contributed by atoms with Crippen LogP contribution in [0.25, 0.3) is 0 Å². The van der Waals surface area contributed by atoms with Gasteiger partial charge in [-0.25, -0.2) is 4.57 Å². The topological polar surface area (TPSA) is 172 Å². The van der Waals surface area contributed by atoms with Crippen molar-refractivity contribution in [1.82, 2.24) is 0 Å². The van der Waals surface area contributed by atoms with Gasteiger partial charge in [-0.2, -0.15) is 0 Å². The normalized spacial score (nSPS) is 14.5. The third-order valence-corrected chi connectivity index (χ3v) is 8.28. The number of phosphoric ester groups is 1. The molecule has 0 aromatic carbocycles. The third-order valence-electron chi connectivity index (χ3n) is 7.33. The van der Waals surface area contributed by atoms with Crippen LogP contribution in [0.1, 0.15) is 136 Å². The average Bonchev–Trinajstić information content (AvgIpc) is 3.07. The maximum absolute atomic E-state index is 12.5. The van der Waals surface area contributed by atoms with E-state index >= 15 is 0 Å². The van der Waals surface area contributed by atoms with Crippen LogP contribution in [0.4, 0.5) is 0 Å². The number of allylic oxidation sites excluding steroid dienone is 8. The zero-order valence-corrected chi connectivity index (χ0v) is 30.9. The molecule has 0 spiro atoms. The minimum Gasteiger partial charge on any atom is -0.480 e. The maximum atomic E-state index is 12.5. The fourth-order valence-corrected chi connectivity index (χ4v) is 5.19. The molecule has 0 bridgehead atoms. The fourth-order valence-electron chi connectivity index (χ4n) is 4.41. The number of unbranched alkanes of at least 4 members (excludes halogenated alkanes) is 11. The van der Waals surface area contributed by atoms with E-state index in [0.717, 1.165) is 44.9 Å². The molecule has 12 heteroatoms. The lowest BCUT2D eigenvalue weighted by atomic mass is 10.1. The molecule has 4 N–H and O–H groups in total. The summed E-state index contributed by atoms with van der Waals surface area (Å²) in [4.78, 5) is 45.5. The summed E-state index contributed by atoms with van der Waals surface area (Å²) in [6.07, 6.45) is 33.5. The van der Waals surface area contributed by atoms with Crippen molar-refractivity contribution in [2.75, 3.05) is 19.8 Å².